The Bertz CT molecular complexity index is 437. The molecule has 0 aliphatic rings. The number of hydrogen-bond acceptors (Lipinski definition) is 3. The van der Waals surface area contributed by atoms with E-state index in [1.807, 2.05) is 0 Å². The maximum absolute atomic E-state index is 13.3. The zero-order valence-electron chi connectivity index (χ0n) is 11.0. The molecule has 0 saturated carbocycles. The summed E-state index contributed by atoms with van der Waals surface area (Å²) in [6.45, 7) is 1.74. The summed E-state index contributed by atoms with van der Waals surface area (Å²) < 4.78 is 51.3. The van der Waals surface area contributed by atoms with Gasteiger partial charge in [-0.15, -0.1) is 0 Å². The summed E-state index contributed by atoms with van der Waals surface area (Å²) >= 11 is 0. The maximum Gasteiger partial charge on any atom is 0.416 e. The number of aliphatic hydroxyl groups is 1. The molecule has 7 heteroatoms. The molecular formula is C13H18F4N2O. The van der Waals surface area contributed by atoms with Gasteiger partial charge in [-0.3, -0.25) is 0 Å². The third-order valence-electron chi connectivity index (χ3n) is 2.93. The topological polar surface area (TPSA) is 58.3 Å². The Morgan fingerprint density at radius 3 is 2.45 bits per heavy atom. The smallest absolute Gasteiger partial charge is 0.396 e. The van der Waals surface area contributed by atoms with Crippen LogP contribution >= 0.6 is 0 Å². The van der Waals surface area contributed by atoms with Crippen LogP contribution in [0.15, 0.2) is 18.2 Å². The van der Waals surface area contributed by atoms with Crippen LogP contribution in [0.3, 0.4) is 0 Å². The van der Waals surface area contributed by atoms with E-state index in [1.165, 1.54) is 0 Å². The number of halogens is 4. The number of nitrogens with two attached hydrogens (primary N) is 1. The van der Waals surface area contributed by atoms with E-state index in [9.17, 15) is 17.6 Å². The lowest BCUT2D eigenvalue weighted by Gasteiger charge is -2.23. The second-order valence-corrected chi connectivity index (χ2v) is 4.64. The van der Waals surface area contributed by atoms with Crippen molar-refractivity contribution in [2.24, 2.45) is 5.73 Å². The summed E-state index contributed by atoms with van der Waals surface area (Å²) in [6.07, 6.45) is -4.18. The Kier molecular flexibility index (Phi) is 5.91. The van der Waals surface area contributed by atoms with Crippen molar-refractivity contribution >= 4 is 0 Å². The fourth-order valence-electron chi connectivity index (χ4n) is 1.90. The maximum atomic E-state index is 13.3. The quantitative estimate of drug-likeness (QED) is 0.705. The molecule has 1 aromatic carbocycles. The molecule has 2 atom stereocenters. The number of alkyl halides is 3. The van der Waals surface area contributed by atoms with Crippen LogP contribution in [0.25, 0.3) is 0 Å². The van der Waals surface area contributed by atoms with Crippen LogP contribution in [-0.2, 0) is 6.18 Å². The Labute approximate surface area is 114 Å². The Balaban J connectivity index is 3.00. The average molecular weight is 294 g/mol. The van der Waals surface area contributed by atoms with Crippen molar-refractivity contribution in [1.29, 1.82) is 0 Å². The molecule has 1 aromatic rings. The minimum absolute atomic E-state index is 0.0243. The van der Waals surface area contributed by atoms with E-state index in [0.717, 1.165) is 12.1 Å². The van der Waals surface area contributed by atoms with Gasteiger partial charge >= 0.3 is 6.18 Å². The standard InChI is InChI=1S/C13H18F4N2O/c1-8(2-3-20)19-12(7-18)9-4-10(13(15,16)17)6-11(14)5-9/h4-6,8,12,19-20H,2-3,7,18H2,1H3. The molecule has 0 aliphatic carbocycles. The largest absolute Gasteiger partial charge is 0.416 e. The highest BCUT2D eigenvalue weighted by Gasteiger charge is 2.32. The molecule has 3 nitrogen and oxygen atoms in total. The van der Waals surface area contributed by atoms with Gasteiger partial charge in [0.2, 0.25) is 0 Å². The normalized spacial score (nSPS) is 15.2. The molecule has 0 amide bonds. The monoisotopic (exact) mass is 294 g/mol. The van der Waals surface area contributed by atoms with Crippen LogP contribution in [-0.4, -0.2) is 24.3 Å². The molecule has 0 spiro atoms. The lowest BCUT2D eigenvalue weighted by Crippen LogP contribution is -2.35. The molecule has 20 heavy (non-hydrogen) atoms. The van der Waals surface area contributed by atoms with Crippen LogP contribution in [0, 0.1) is 5.82 Å². The van der Waals surface area contributed by atoms with Crippen LogP contribution in [0.4, 0.5) is 17.6 Å². The van der Waals surface area contributed by atoms with E-state index in [2.05, 4.69) is 5.32 Å². The number of rotatable bonds is 6. The molecule has 1 rings (SSSR count). The van der Waals surface area contributed by atoms with E-state index in [1.54, 1.807) is 6.92 Å². The summed E-state index contributed by atoms with van der Waals surface area (Å²) in [5, 5.41) is 11.8. The van der Waals surface area contributed by atoms with E-state index >= 15 is 0 Å². The van der Waals surface area contributed by atoms with Crippen molar-refractivity contribution in [3.63, 3.8) is 0 Å². The summed E-state index contributed by atoms with van der Waals surface area (Å²) in [5.74, 6) is -0.954. The highest BCUT2D eigenvalue weighted by Crippen LogP contribution is 2.31. The molecule has 0 fully saturated rings. The summed E-state index contributed by atoms with van der Waals surface area (Å²) in [7, 11) is 0. The predicted octanol–water partition coefficient (Wildman–Crippen LogP) is 2.20. The highest BCUT2D eigenvalue weighted by atomic mass is 19.4. The van der Waals surface area contributed by atoms with E-state index < -0.39 is 23.6 Å². The van der Waals surface area contributed by atoms with Gasteiger partial charge in [0.05, 0.1) is 5.56 Å². The SMILES string of the molecule is CC(CCO)NC(CN)c1cc(F)cc(C(F)(F)F)c1. The van der Waals surface area contributed by atoms with Crippen molar-refractivity contribution in [3.05, 3.63) is 35.1 Å². The van der Waals surface area contributed by atoms with Crippen LogP contribution in [0.1, 0.15) is 30.5 Å². The molecule has 2 unspecified atom stereocenters. The van der Waals surface area contributed by atoms with Gasteiger partial charge in [-0.25, -0.2) is 4.39 Å². The average Bonchev–Trinajstić information content (AvgIpc) is 2.34. The van der Waals surface area contributed by atoms with Gasteiger partial charge in [-0.2, -0.15) is 13.2 Å². The first-order chi connectivity index (χ1) is 9.27. The number of nitrogens with one attached hydrogen (secondary N) is 1. The third kappa shape index (κ3) is 4.73. The molecule has 0 saturated heterocycles. The van der Waals surface area contributed by atoms with E-state index in [4.69, 9.17) is 10.8 Å². The Morgan fingerprint density at radius 2 is 1.95 bits per heavy atom. The number of aliphatic hydroxyl groups excluding tert-OH is 1. The van der Waals surface area contributed by atoms with E-state index in [0.29, 0.717) is 12.5 Å². The van der Waals surface area contributed by atoms with Gasteiger partial charge in [0.15, 0.2) is 0 Å². The molecule has 0 aromatic heterocycles. The van der Waals surface area contributed by atoms with Crippen LogP contribution < -0.4 is 11.1 Å². The molecule has 0 aliphatic heterocycles. The highest BCUT2D eigenvalue weighted by molar-refractivity contribution is 5.29. The van der Waals surface area contributed by atoms with Gasteiger partial charge in [0.25, 0.3) is 0 Å². The lowest BCUT2D eigenvalue weighted by atomic mass is 10.0. The van der Waals surface area contributed by atoms with Gasteiger partial charge in [-0.1, -0.05) is 0 Å². The molecule has 4 N–H and O–H groups in total. The first-order valence-electron chi connectivity index (χ1n) is 6.22. The molecule has 114 valence electrons. The Morgan fingerprint density at radius 1 is 1.30 bits per heavy atom. The predicted molar refractivity (Wildman–Crippen MR) is 67.5 cm³/mol. The fourth-order valence-corrected chi connectivity index (χ4v) is 1.90. The van der Waals surface area contributed by atoms with Crippen molar-refractivity contribution in [2.75, 3.05) is 13.2 Å². The molecule has 0 radical (unpaired) electrons. The molecule has 0 bridgehead atoms. The lowest BCUT2D eigenvalue weighted by molar-refractivity contribution is -0.137. The summed E-state index contributed by atoms with van der Waals surface area (Å²) in [4.78, 5) is 0. The van der Waals surface area contributed by atoms with Crippen LogP contribution in [0.5, 0.6) is 0 Å². The second-order valence-electron chi connectivity index (χ2n) is 4.64. The van der Waals surface area contributed by atoms with Gasteiger partial charge in [0.1, 0.15) is 5.82 Å². The minimum atomic E-state index is -4.60. The number of benzene rings is 1. The fraction of sp³-hybridized carbons (Fsp3) is 0.538. The van der Waals surface area contributed by atoms with Gasteiger partial charge < -0.3 is 16.2 Å². The van der Waals surface area contributed by atoms with Crippen molar-refractivity contribution in [2.45, 2.75) is 31.6 Å². The van der Waals surface area contributed by atoms with E-state index in [-0.39, 0.29) is 24.8 Å². The van der Waals surface area contributed by atoms with Crippen molar-refractivity contribution < 1.29 is 22.7 Å². The Hall–Kier alpha value is -1.18. The van der Waals surface area contributed by atoms with Gasteiger partial charge in [-0.05, 0) is 37.1 Å². The second kappa shape index (κ2) is 7.01. The summed E-state index contributed by atoms with van der Waals surface area (Å²) in [5.41, 5.74) is 4.63. The first kappa shape index (κ1) is 16.9. The zero-order chi connectivity index (χ0) is 15.3. The molecule has 0 heterocycles. The van der Waals surface area contributed by atoms with Gasteiger partial charge in [0, 0.05) is 25.2 Å². The molecular weight excluding hydrogens is 276 g/mol. The van der Waals surface area contributed by atoms with Crippen molar-refractivity contribution in [1.82, 2.24) is 5.32 Å². The first-order valence-corrected chi connectivity index (χ1v) is 6.22. The minimum Gasteiger partial charge on any atom is -0.396 e. The third-order valence-corrected chi connectivity index (χ3v) is 2.93. The zero-order valence-corrected chi connectivity index (χ0v) is 11.0. The summed E-state index contributed by atoms with van der Waals surface area (Å²) in [6, 6.07) is 1.62. The van der Waals surface area contributed by atoms with Crippen molar-refractivity contribution in [3.8, 4) is 0 Å². The van der Waals surface area contributed by atoms with Crippen LogP contribution in [0.2, 0.25) is 0 Å². The number of hydrogen-bond donors (Lipinski definition) is 3.